The molecule has 0 bridgehead atoms. The molecule has 2 rings (SSSR count). The van der Waals surface area contributed by atoms with Crippen LogP contribution in [-0.4, -0.2) is 16.1 Å². The third-order valence-electron chi connectivity index (χ3n) is 2.72. The first-order valence-corrected chi connectivity index (χ1v) is 5.91. The summed E-state index contributed by atoms with van der Waals surface area (Å²) in [4.78, 5) is 4.63. The molecule has 88 valence electrons. The van der Waals surface area contributed by atoms with Crippen molar-refractivity contribution in [3.05, 3.63) is 30.1 Å². The summed E-state index contributed by atoms with van der Waals surface area (Å²) in [6.45, 7) is 6.41. The first-order valence-electron chi connectivity index (χ1n) is 5.91. The number of nitrogens with one attached hydrogen (secondary N) is 1. The van der Waals surface area contributed by atoms with Crippen LogP contribution in [0.1, 0.15) is 19.7 Å². The zero-order valence-electron chi connectivity index (χ0n) is 10.3. The van der Waals surface area contributed by atoms with E-state index < -0.39 is 0 Å². The maximum absolute atomic E-state index is 4.63. The van der Waals surface area contributed by atoms with Crippen molar-refractivity contribution in [2.75, 3.05) is 6.54 Å². The number of benzene rings is 1. The molecule has 3 heteroatoms. The van der Waals surface area contributed by atoms with Crippen LogP contribution in [0.25, 0.3) is 11.0 Å². The zero-order chi connectivity index (χ0) is 12.1. The Bertz CT molecular complexity index is 558. The van der Waals surface area contributed by atoms with Crippen molar-refractivity contribution in [1.29, 1.82) is 0 Å². The van der Waals surface area contributed by atoms with Gasteiger partial charge in [0.05, 0.1) is 24.1 Å². The first kappa shape index (κ1) is 11.7. The number of nitrogens with zero attached hydrogens (tertiary/aromatic N) is 2. The Kier molecular flexibility index (Phi) is 3.79. The van der Waals surface area contributed by atoms with E-state index >= 15 is 0 Å². The Morgan fingerprint density at radius 2 is 2.18 bits per heavy atom. The monoisotopic (exact) mass is 227 g/mol. The van der Waals surface area contributed by atoms with Gasteiger partial charge in [0.25, 0.3) is 0 Å². The smallest absolute Gasteiger partial charge is 0.123 e. The van der Waals surface area contributed by atoms with Crippen LogP contribution in [0.4, 0.5) is 0 Å². The predicted octanol–water partition coefficient (Wildman–Crippen LogP) is 2.17. The van der Waals surface area contributed by atoms with Crippen molar-refractivity contribution in [2.45, 2.75) is 26.9 Å². The zero-order valence-corrected chi connectivity index (χ0v) is 10.3. The lowest BCUT2D eigenvalue weighted by molar-refractivity contribution is 0.655. The first-order chi connectivity index (χ1) is 8.36. The molecule has 1 aromatic carbocycles. The van der Waals surface area contributed by atoms with E-state index in [4.69, 9.17) is 0 Å². The highest BCUT2D eigenvalue weighted by Gasteiger charge is 2.07. The minimum Gasteiger partial charge on any atom is -0.327 e. The molecule has 0 saturated carbocycles. The molecular weight excluding hydrogens is 210 g/mol. The van der Waals surface area contributed by atoms with Crippen LogP contribution >= 0.6 is 0 Å². The lowest BCUT2D eigenvalue weighted by atomic mass is 10.3. The number of imidazole rings is 1. The van der Waals surface area contributed by atoms with Gasteiger partial charge in [0.2, 0.25) is 0 Å². The SMILES string of the molecule is CC#CCNCc1nc2ccccc2n1CC. The summed E-state index contributed by atoms with van der Waals surface area (Å²) in [7, 11) is 0. The summed E-state index contributed by atoms with van der Waals surface area (Å²) in [6, 6.07) is 8.24. The van der Waals surface area contributed by atoms with E-state index in [0.717, 1.165) is 24.4 Å². The molecule has 0 aliphatic rings. The summed E-state index contributed by atoms with van der Waals surface area (Å²) >= 11 is 0. The van der Waals surface area contributed by atoms with E-state index in [9.17, 15) is 0 Å². The van der Waals surface area contributed by atoms with Gasteiger partial charge in [0.1, 0.15) is 5.82 Å². The average Bonchev–Trinajstić information content (AvgIpc) is 2.72. The fourth-order valence-electron chi connectivity index (χ4n) is 1.94. The molecule has 0 unspecified atom stereocenters. The van der Waals surface area contributed by atoms with Gasteiger partial charge in [-0.05, 0) is 26.0 Å². The molecule has 3 nitrogen and oxygen atoms in total. The van der Waals surface area contributed by atoms with E-state index in [-0.39, 0.29) is 0 Å². The van der Waals surface area contributed by atoms with Crippen LogP contribution in [0.2, 0.25) is 0 Å². The topological polar surface area (TPSA) is 29.9 Å². The minimum absolute atomic E-state index is 0.712. The Balaban J connectivity index is 2.23. The van der Waals surface area contributed by atoms with Gasteiger partial charge in [-0.15, -0.1) is 5.92 Å². The van der Waals surface area contributed by atoms with Crippen LogP contribution < -0.4 is 5.32 Å². The number of hydrogen-bond acceptors (Lipinski definition) is 2. The Hall–Kier alpha value is -1.79. The second-order valence-electron chi connectivity index (χ2n) is 3.79. The molecule has 0 radical (unpaired) electrons. The Morgan fingerprint density at radius 3 is 2.94 bits per heavy atom. The third-order valence-corrected chi connectivity index (χ3v) is 2.72. The van der Waals surface area contributed by atoms with E-state index in [1.807, 2.05) is 13.0 Å². The molecule has 1 aromatic heterocycles. The van der Waals surface area contributed by atoms with Crippen LogP contribution in [0, 0.1) is 11.8 Å². The van der Waals surface area contributed by atoms with Crippen molar-refractivity contribution in [3.63, 3.8) is 0 Å². The van der Waals surface area contributed by atoms with Gasteiger partial charge >= 0.3 is 0 Å². The molecule has 0 amide bonds. The van der Waals surface area contributed by atoms with Crippen LogP contribution in [-0.2, 0) is 13.1 Å². The minimum atomic E-state index is 0.712. The summed E-state index contributed by atoms with van der Waals surface area (Å²) in [5, 5.41) is 3.28. The highest BCUT2D eigenvalue weighted by molar-refractivity contribution is 5.75. The van der Waals surface area contributed by atoms with Crippen molar-refractivity contribution >= 4 is 11.0 Å². The fraction of sp³-hybridized carbons (Fsp3) is 0.357. The van der Waals surface area contributed by atoms with Crippen molar-refractivity contribution < 1.29 is 0 Å². The van der Waals surface area contributed by atoms with Gasteiger partial charge in [-0.1, -0.05) is 18.1 Å². The molecule has 0 aliphatic heterocycles. The average molecular weight is 227 g/mol. The standard InChI is InChI=1S/C14H17N3/c1-3-5-10-15-11-14-16-12-8-6-7-9-13(12)17(14)4-2/h6-9,15H,4,10-11H2,1-2H3. The molecule has 0 fully saturated rings. The highest BCUT2D eigenvalue weighted by Crippen LogP contribution is 2.15. The molecule has 0 atom stereocenters. The second kappa shape index (κ2) is 5.51. The number of fused-ring (bicyclic) bond motifs is 1. The molecule has 0 aliphatic carbocycles. The summed E-state index contributed by atoms with van der Waals surface area (Å²) in [5.74, 6) is 6.94. The van der Waals surface area contributed by atoms with Gasteiger partial charge in [-0.25, -0.2) is 4.98 Å². The largest absolute Gasteiger partial charge is 0.327 e. The maximum Gasteiger partial charge on any atom is 0.123 e. The van der Waals surface area contributed by atoms with Gasteiger partial charge in [0.15, 0.2) is 0 Å². The number of aromatic nitrogens is 2. The lowest BCUT2D eigenvalue weighted by Crippen LogP contribution is -2.17. The number of hydrogen-bond donors (Lipinski definition) is 1. The lowest BCUT2D eigenvalue weighted by Gasteiger charge is -2.05. The Labute approximate surface area is 102 Å². The van der Waals surface area contributed by atoms with E-state index in [2.05, 4.69) is 51.8 Å². The summed E-state index contributed by atoms with van der Waals surface area (Å²) < 4.78 is 2.24. The molecule has 2 aromatic rings. The van der Waals surface area contributed by atoms with Gasteiger partial charge in [0, 0.05) is 6.54 Å². The third kappa shape index (κ3) is 2.48. The quantitative estimate of drug-likeness (QED) is 0.641. The summed E-state index contributed by atoms with van der Waals surface area (Å²) in [5.41, 5.74) is 2.26. The number of aryl methyl sites for hydroxylation is 1. The van der Waals surface area contributed by atoms with Gasteiger partial charge in [-0.2, -0.15) is 0 Å². The van der Waals surface area contributed by atoms with Gasteiger partial charge < -0.3 is 4.57 Å². The van der Waals surface area contributed by atoms with Crippen LogP contribution in [0.15, 0.2) is 24.3 Å². The maximum atomic E-state index is 4.63. The normalized spacial score (nSPS) is 10.2. The van der Waals surface area contributed by atoms with Crippen LogP contribution in [0.3, 0.4) is 0 Å². The molecule has 0 spiro atoms. The summed E-state index contributed by atoms with van der Waals surface area (Å²) in [6.07, 6.45) is 0. The predicted molar refractivity (Wildman–Crippen MR) is 70.6 cm³/mol. The molecule has 17 heavy (non-hydrogen) atoms. The number of rotatable bonds is 4. The highest BCUT2D eigenvalue weighted by atomic mass is 15.1. The van der Waals surface area contributed by atoms with Crippen molar-refractivity contribution in [1.82, 2.24) is 14.9 Å². The van der Waals surface area contributed by atoms with E-state index in [1.54, 1.807) is 0 Å². The van der Waals surface area contributed by atoms with E-state index in [0.29, 0.717) is 6.54 Å². The fourth-order valence-corrected chi connectivity index (χ4v) is 1.94. The Morgan fingerprint density at radius 1 is 1.35 bits per heavy atom. The molecule has 1 N–H and O–H groups in total. The van der Waals surface area contributed by atoms with Crippen LogP contribution in [0.5, 0.6) is 0 Å². The second-order valence-corrected chi connectivity index (χ2v) is 3.79. The number of para-hydroxylation sites is 2. The molecular formula is C14H17N3. The van der Waals surface area contributed by atoms with Crippen molar-refractivity contribution in [2.24, 2.45) is 0 Å². The molecule has 0 saturated heterocycles. The molecule has 1 heterocycles. The van der Waals surface area contributed by atoms with E-state index in [1.165, 1.54) is 5.52 Å². The van der Waals surface area contributed by atoms with Gasteiger partial charge in [-0.3, -0.25) is 5.32 Å². The van der Waals surface area contributed by atoms with Crippen molar-refractivity contribution in [3.8, 4) is 11.8 Å².